The van der Waals surface area contributed by atoms with Crippen LogP contribution in [0.1, 0.15) is 5.56 Å². The molecule has 0 unspecified atom stereocenters. The first-order valence-electron chi connectivity index (χ1n) is 5.66. The molecule has 0 bridgehead atoms. The lowest BCUT2D eigenvalue weighted by molar-refractivity contribution is 0.174. The molecule has 0 aliphatic carbocycles. The second-order valence-corrected chi connectivity index (χ2v) is 4.13. The summed E-state index contributed by atoms with van der Waals surface area (Å²) in [5.74, 6) is 1.73. The third kappa shape index (κ3) is 1.99. The van der Waals surface area contributed by atoms with Gasteiger partial charge in [0.15, 0.2) is 11.5 Å². The van der Waals surface area contributed by atoms with Crippen molar-refractivity contribution in [3.05, 3.63) is 29.1 Å². The molecule has 0 atom stereocenters. The Bertz CT molecular complexity index is 375. The van der Waals surface area contributed by atoms with Crippen molar-refractivity contribution in [2.24, 2.45) is 0 Å². The Balaban J connectivity index is 1.69. The highest BCUT2D eigenvalue weighted by molar-refractivity contribution is 5.44. The van der Waals surface area contributed by atoms with Gasteiger partial charge in [-0.3, -0.25) is 0 Å². The second kappa shape index (κ2) is 4.31. The van der Waals surface area contributed by atoms with Crippen LogP contribution in [0.15, 0.2) is 18.2 Å². The summed E-state index contributed by atoms with van der Waals surface area (Å²) in [5.41, 5.74) is 1.28. The molecule has 1 aromatic carbocycles. The van der Waals surface area contributed by atoms with E-state index >= 15 is 0 Å². The number of piperazine rings is 1. The zero-order chi connectivity index (χ0) is 10.8. The van der Waals surface area contributed by atoms with Gasteiger partial charge in [0, 0.05) is 6.54 Å². The van der Waals surface area contributed by atoms with Crippen LogP contribution in [-0.2, 0) is 6.54 Å². The third-order valence-electron chi connectivity index (χ3n) is 2.99. The second-order valence-electron chi connectivity index (χ2n) is 4.13. The van der Waals surface area contributed by atoms with Gasteiger partial charge in [0.25, 0.3) is 0 Å². The van der Waals surface area contributed by atoms with Crippen molar-refractivity contribution in [2.45, 2.75) is 6.54 Å². The van der Waals surface area contributed by atoms with Crippen LogP contribution in [0.25, 0.3) is 5.32 Å². The molecule has 2 aliphatic heterocycles. The monoisotopic (exact) mass is 219 g/mol. The molecule has 0 aromatic heterocycles. The van der Waals surface area contributed by atoms with E-state index in [4.69, 9.17) is 9.47 Å². The zero-order valence-corrected chi connectivity index (χ0v) is 9.19. The molecule has 0 saturated carbocycles. The molecule has 0 radical (unpaired) electrons. The molecule has 0 N–H and O–H groups in total. The Morgan fingerprint density at radius 3 is 2.81 bits per heavy atom. The quantitative estimate of drug-likeness (QED) is 0.758. The summed E-state index contributed by atoms with van der Waals surface area (Å²) < 4.78 is 10.7. The average molecular weight is 219 g/mol. The number of nitrogens with zero attached hydrogens (tertiary/aromatic N) is 2. The molecule has 4 heteroatoms. The summed E-state index contributed by atoms with van der Waals surface area (Å²) >= 11 is 0. The van der Waals surface area contributed by atoms with Crippen LogP contribution < -0.4 is 9.47 Å². The van der Waals surface area contributed by atoms with Crippen LogP contribution in [0.2, 0.25) is 0 Å². The van der Waals surface area contributed by atoms with Gasteiger partial charge >= 0.3 is 0 Å². The third-order valence-corrected chi connectivity index (χ3v) is 2.99. The minimum absolute atomic E-state index is 0.349. The van der Waals surface area contributed by atoms with Crippen molar-refractivity contribution in [1.82, 2.24) is 4.90 Å². The van der Waals surface area contributed by atoms with Gasteiger partial charge in [0.1, 0.15) is 0 Å². The van der Waals surface area contributed by atoms with Gasteiger partial charge < -0.3 is 19.7 Å². The smallest absolute Gasteiger partial charge is 0.231 e. The molecular weight excluding hydrogens is 204 g/mol. The molecule has 4 nitrogen and oxygen atoms in total. The van der Waals surface area contributed by atoms with E-state index in [1.807, 2.05) is 6.07 Å². The number of rotatable bonds is 2. The first-order chi connectivity index (χ1) is 7.92. The molecule has 0 spiro atoms. The summed E-state index contributed by atoms with van der Waals surface area (Å²) in [4.78, 5) is 2.42. The molecule has 0 amide bonds. The topological polar surface area (TPSA) is 35.8 Å². The van der Waals surface area contributed by atoms with E-state index in [0.717, 1.165) is 44.2 Å². The van der Waals surface area contributed by atoms with Gasteiger partial charge in [-0.25, -0.2) is 0 Å². The molecule has 2 heterocycles. The first-order valence-corrected chi connectivity index (χ1v) is 5.66. The molecular formula is C12H15N2O2-. The van der Waals surface area contributed by atoms with Crippen LogP contribution in [-0.4, -0.2) is 37.9 Å². The minimum atomic E-state index is 0.349. The van der Waals surface area contributed by atoms with Crippen LogP contribution in [0.5, 0.6) is 11.5 Å². The number of fused-ring (bicyclic) bond motifs is 1. The summed E-state index contributed by atoms with van der Waals surface area (Å²) in [5, 5.41) is 4.34. The lowest BCUT2D eigenvalue weighted by Gasteiger charge is -2.35. The maximum absolute atomic E-state index is 5.37. The number of hydrogen-bond acceptors (Lipinski definition) is 3. The van der Waals surface area contributed by atoms with Crippen molar-refractivity contribution in [1.29, 1.82) is 0 Å². The predicted octanol–water partition coefficient (Wildman–Crippen LogP) is 1.60. The fraction of sp³-hybridized carbons (Fsp3) is 0.500. The highest BCUT2D eigenvalue weighted by Crippen LogP contribution is 2.32. The lowest BCUT2D eigenvalue weighted by atomic mass is 10.2. The fourth-order valence-corrected chi connectivity index (χ4v) is 2.10. The maximum Gasteiger partial charge on any atom is 0.231 e. The Morgan fingerprint density at radius 2 is 1.94 bits per heavy atom. The molecule has 1 aromatic rings. The number of benzene rings is 1. The van der Waals surface area contributed by atoms with Crippen LogP contribution in [0.3, 0.4) is 0 Å². The molecule has 3 rings (SSSR count). The van der Waals surface area contributed by atoms with Crippen LogP contribution >= 0.6 is 0 Å². The van der Waals surface area contributed by atoms with Gasteiger partial charge in [-0.2, -0.15) is 0 Å². The van der Waals surface area contributed by atoms with Crippen molar-refractivity contribution < 1.29 is 9.47 Å². The molecule has 86 valence electrons. The van der Waals surface area contributed by atoms with Crippen molar-refractivity contribution in [2.75, 3.05) is 33.0 Å². The Morgan fingerprint density at radius 1 is 1.12 bits per heavy atom. The van der Waals surface area contributed by atoms with E-state index in [0.29, 0.717) is 6.79 Å². The number of ether oxygens (including phenoxy) is 2. The van der Waals surface area contributed by atoms with Crippen LogP contribution in [0, 0.1) is 0 Å². The summed E-state index contributed by atoms with van der Waals surface area (Å²) in [7, 11) is 0. The molecule has 2 aliphatic rings. The first kappa shape index (κ1) is 9.93. The van der Waals surface area contributed by atoms with Gasteiger partial charge in [-0.15, -0.1) is 13.1 Å². The van der Waals surface area contributed by atoms with Crippen molar-refractivity contribution in [3.8, 4) is 11.5 Å². The van der Waals surface area contributed by atoms with E-state index in [1.54, 1.807) is 0 Å². The summed E-state index contributed by atoms with van der Waals surface area (Å²) in [6.07, 6.45) is 0. The molecule has 1 saturated heterocycles. The highest BCUT2D eigenvalue weighted by Gasteiger charge is 2.14. The van der Waals surface area contributed by atoms with E-state index < -0.39 is 0 Å². The molecule has 1 fully saturated rings. The van der Waals surface area contributed by atoms with Gasteiger partial charge in [-0.05, 0) is 30.8 Å². The fourth-order valence-electron chi connectivity index (χ4n) is 2.10. The van der Waals surface area contributed by atoms with E-state index in [1.165, 1.54) is 5.56 Å². The highest BCUT2D eigenvalue weighted by atomic mass is 16.7. The summed E-state index contributed by atoms with van der Waals surface area (Å²) in [6, 6.07) is 6.18. The zero-order valence-electron chi connectivity index (χ0n) is 9.19. The van der Waals surface area contributed by atoms with Crippen LogP contribution in [0.4, 0.5) is 0 Å². The normalized spacial score (nSPS) is 20.0. The van der Waals surface area contributed by atoms with Crippen molar-refractivity contribution >= 4 is 0 Å². The standard InChI is InChI=1S/C12H15N2O2/c1-2-11-12(16-9-15-11)7-10(1)8-14-5-3-13-4-6-14/h1-2,7H,3-6,8-9H2/q-1. The number of hydrogen-bond donors (Lipinski definition) is 0. The minimum Gasteiger partial charge on any atom is -0.660 e. The van der Waals surface area contributed by atoms with E-state index in [2.05, 4.69) is 22.3 Å². The lowest BCUT2D eigenvalue weighted by Crippen LogP contribution is -2.33. The maximum atomic E-state index is 5.37. The summed E-state index contributed by atoms with van der Waals surface area (Å²) in [6.45, 7) is 5.38. The van der Waals surface area contributed by atoms with E-state index in [9.17, 15) is 0 Å². The predicted molar refractivity (Wildman–Crippen MR) is 60.9 cm³/mol. The van der Waals surface area contributed by atoms with Gasteiger partial charge in [0.2, 0.25) is 6.79 Å². The van der Waals surface area contributed by atoms with E-state index in [-0.39, 0.29) is 0 Å². The SMILES string of the molecule is c1cc2c(cc1CN1CC[N-]CC1)OCO2. The van der Waals surface area contributed by atoms with Gasteiger partial charge in [-0.1, -0.05) is 6.07 Å². The Kier molecular flexibility index (Phi) is 2.68. The largest absolute Gasteiger partial charge is 0.660 e. The average Bonchev–Trinajstić information content (AvgIpc) is 2.77. The Labute approximate surface area is 95.1 Å². The van der Waals surface area contributed by atoms with Gasteiger partial charge in [0.05, 0.1) is 0 Å². The molecule has 16 heavy (non-hydrogen) atoms. The Hall–Kier alpha value is -1.26. The van der Waals surface area contributed by atoms with Crippen molar-refractivity contribution in [3.63, 3.8) is 0 Å².